The van der Waals surface area contributed by atoms with Gasteiger partial charge in [-0.1, -0.05) is 6.07 Å². The van der Waals surface area contributed by atoms with Gasteiger partial charge in [-0.05, 0) is 49.9 Å². The van der Waals surface area contributed by atoms with Gasteiger partial charge in [-0.15, -0.1) is 0 Å². The number of pyridine rings is 1. The summed E-state index contributed by atoms with van der Waals surface area (Å²) in [4.78, 5) is 6.02. The molecule has 0 bridgehead atoms. The minimum absolute atomic E-state index is 0.110. The first-order valence-electron chi connectivity index (χ1n) is 7.28. The van der Waals surface area contributed by atoms with Gasteiger partial charge in [0.1, 0.15) is 0 Å². The van der Waals surface area contributed by atoms with Gasteiger partial charge in [0.25, 0.3) is 0 Å². The minimum Gasteiger partial charge on any atom is -0.391 e. The van der Waals surface area contributed by atoms with Gasteiger partial charge in [-0.2, -0.15) is 13.2 Å². The van der Waals surface area contributed by atoms with Crippen LogP contribution in [0.15, 0.2) is 24.5 Å². The molecule has 2 rings (SSSR count). The molecule has 0 radical (unpaired) electrons. The molecule has 0 saturated carbocycles. The normalized spacial score (nSPS) is 19.6. The molecular formula is C15H21F3N2O. The number of likely N-dealkylation sites (tertiary alicyclic amines) is 1. The first-order valence-corrected chi connectivity index (χ1v) is 7.28. The van der Waals surface area contributed by atoms with Crippen molar-refractivity contribution in [3.63, 3.8) is 0 Å². The van der Waals surface area contributed by atoms with Gasteiger partial charge in [-0.25, -0.2) is 0 Å². The first-order chi connectivity index (χ1) is 9.92. The van der Waals surface area contributed by atoms with Gasteiger partial charge in [0, 0.05) is 18.9 Å². The maximum atomic E-state index is 12.2. The van der Waals surface area contributed by atoms with Crippen LogP contribution in [0.5, 0.6) is 0 Å². The van der Waals surface area contributed by atoms with Crippen molar-refractivity contribution in [1.29, 1.82) is 0 Å². The molecule has 1 aromatic heterocycles. The summed E-state index contributed by atoms with van der Waals surface area (Å²) >= 11 is 0. The van der Waals surface area contributed by atoms with Crippen LogP contribution in [-0.2, 0) is 6.42 Å². The van der Waals surface area contributed by atoms with Gasteiger partial charge < -0.3 is 10.0 Å². The Labute approximate surface area is 122 Å². The Balaban J connectivity index is 1.71. The van der Waals surface area contributed by atoms with Crippen molar-refractivity contribution in [2.24, 2.45) is 5.92 Å². The van der Waals surface area contributed by atoms with Gasteiger partial charge in [0.05, 0.1) is 12.5 Å². The molecule has 1 aliphatic rings. The highest BCUT2D eigenvalue weighted by Crippen LogP contribution is 2.24. The lowest BCUT2D eigenvalue weighted by Gasteiger charge is -2.33. The number of aromatic nitrogens is 1. The zero-order chi connectivity index (χ0) is 15.3. The summed E-state index contributed by atoms with van der Waals surface area (Å²) in [5, 5.41) is 9.47. The highest BCUT2D eigenvalue weighted by atomic mass is 19.4. The predicted molar refractivity (Wildman–Crippen MR) is 73.8 cm³/mol. The van der Waals surface area contributed by atoms with E-state index in [1.807, 2.05) is 23.2 Å². The van der Waals surface area contributed by atoms with Crippen molar-refractivity contribution < 1.29 is 18.3 Å². The molecule has 1 unspecified atom stereocenters. The number of β-amino-alcohol motifs (C(OH)–C–C–N with tert-alkyl or cyclic N) is 1. The highest BCUT2D eigenvalue weighted by Gasteiger charge is 2.32. The molecule has 1 saturated heterocycles. The Morgan fingerprint density at radius 3 is 2.62 bits per heavy atom. The largest absolute Gasteiger partial charge is 0.391 e. The third-order valence-corrected chi connectivity index (χ3v) is 3.89. The molecule has 118 valence electrons. The Kier molecular flexibility index (Phi) is 5.58. The summed E-state index contributed by atoms with van der Waals surface area (Å²) in [6, 6.07) is 3.96. The Morgan fingerprint density at radius 2 is 2.05 bits per heavy atom. The number of hydrogen-bond donors (Lipinski definition) is 1. The van der Waals surface area contributed by atoms with E-state index >= 15 is 0 Å². The van der Waals surface area contributed by atoms with Gasteiger partial charge >= 0.3 is 6.18 Å². The van der Waals surface area contributed by atoms with Crippen LogP contribution < -0.4 is 0 Å². The van der Waals surface area contributed by atoms with Crippen LogP contribution in [0, 0.1) is 5.92 Å². The molecule has 1 aliphatic heterocycles. The van der Waals surface area contributed by atoms with Gasteiger partial charge in [0.15, 0.2) is 0 Å². The van der Waals surface area contributed by atoms with Crippen LogP contribution in [0.25, 0.3) is 0 Å². The van der Waals surface area contributed by atoms with E-state index < -0.39 is 18.7 Å². The van der Waals surface area contributed by atoms with Crippen LogP contribution >= 0.6 is 0 Å². The monoisotopic (exact) mass is 302 g/mol. The summed E-state index contributed by atoms with van der Waals surface area (Å²) < 4.78 is 36.5. The summed E-state index contributed by atoms with van der Waals surface area (Å²) in [6.07, 6.45) is -0.262. The average molecular weight is 302 g/mol. The van der Waals surface area contributed by atoms with E-state index in [1.54, 1.807) is 6.20 Å². The fourth-order valence-corrected chi connectivity index (χ4v) is 2.86. The van der Waals surface area contributed by atoms with E-state index in [2.05, 4.69) is 4.98 Å². The van der Waals surface area contributed by atoms with Crippen molar-refractivity contribution in [1.82, 2.24) is 9.88 Å². The number of nitrogens with zero attached hydrogens (tertiary/aromatic N) is 2. The number of rotatable bonds is 5. The molecule has 0 amide bonds. The standard InChI is InChI=1S/C15H21F3N2O/c16-15(17,18)9-14(21)11-20-6-3-12(4-7-20)8-13-2-1-5-19-10-13/h1-2,5,10,12,14,21H,3-4,6-9,11H2. The highest BCUT2D eigenvalue weighted by molar-refractivity contribution is 5.09. The zero-order valence-electron chi connectivity index (χ0n) is 11.9. The van der Waals surface area contributed by atoms with E-state index in [0.717, 1.165) is 32.4 Å². The number of aliphatic hydroxyl groups is 1. The molecule has 1 aromatic rings. The topological polar surface area (TPSA) is 36.4 Å². The summed E-state index contributed by atoms with van der Waals surface area (Å²) in [5.74, 6) is 0.546. The first kappa shape index (κ1) is 16.2. The maximum Gasteiger partial charge on any atom is 0.391 e. The zero-order valence-corrected chi connectivity index (χ0v) is 11.9. The molecular weight excluding hydrogens is 281 g/mol. The third kappa shape index (κ3) is 6.01. The summed E-state index contributed by atoms with van der Waals surface area (Å²) in [7, 11) is 0. The molecule has 2 heterocycles. The lowest BCUT2D eigenvalue weighted by atomic mass is 9.90. The molecule has 1 N–H and O–H groups in total. The Morgan fingerprint density at radius 1 is 1.33 bits per heavy atom. The second kappa shape index (κ2) is 7.22. The van der Waals surface area contributed by atoms with Crippen molar-refractivity contribution >= 4 is 0 Å². The van der Waals surface area contributed by atoms with Crippen LogP contribution in [0.2, 0.25) is 0 Å². The molecule has 1 atom stereocenters. The van der Waals surface area contributed by atoms with Gasteiger partial charge in [0.2, 0.25) is 0 Å². The van der Waals surface area contributed by atoms with E-state index in [0.29, 0.717) is 5.92 Å². The van der Waals surface area contributed by atoms with Crippen LogP contribution in [-0.4, -0.2) is 46.9 Å². The second-order valence-electron chi connectivity index (χ2n) is 5.78. The lowest BCUT2D eigenvalue weighted by molar-refractivity contribution is -0.155. The fraction of sp³-hybridized carbons (Fsp3) is 0.667. The molecule has 6 heteroatoms. The lowest BCUT2D eigenvalue weighted by Crippen LogP contribution is -2.40. The molecule has 1 fully saturated rings. The van der Waals surface area contributed by atoms with Crippen LogP contribution in [0.1, 0.15) is 24.8 Å². The molecule has 0 aromatic carbocycles. The average Bonchev–Trinajstić information content (AvgIpc) is 2.40. The van der Waals surface area contributed by atoms with Crippen molar-refractivity contribution in [2.45, 2.75) is 38.0 Å². The van der Waals surface area contributed by atoms with E-state index in [9.17, 15) is 18.3 Å². The third-order valence-electron chi connectivity index (χ3n) is 3.89. The molecule has 0 aliphatic carbocycles. The number of alkyl halides is 3. The molecule has 3 nitrogen and oxygen atoms in total. The number of hydrogen-bond acceptors (Lipinski definition) is 3. The Bertz CT molecular complexity index is 417. The Hall–Kier alpha value is -1.14. The van der Waals surface area contributed by atoms with Crippen molar-refractivity contribution in [2.75, 3.05) is 19.6 Å². The SMILES string of the molecule is OC(CN1CCC(Cc2cccnc2)CC1)CC(F)(F)F. The van der Waals surface area contributed by atoms with Crippen molar-refractivity contribution in [3.8, 4) is 0 Å². The quantitative estimate of drug-likeness (QED) is 0.908. The van der Waals surface area contributed by atoms with E-state index in [-0.39, 0.29) is 6.54 Å². The summed E-state index contributed by atoms with van der Waals surface area (Å²) in [5.41, 5.74) is 1.20. The molecule has 0 spiro atoms. The smallest absolute Gasteiger partial charge is 0.391 e. The number of halogens is 3. The van der Waals surface area contributed by atoms with Crippen molar-refractivity contribution in [3.05, 3.63) is 30.1 Å². The van der Waals surface area contributed by atoms with E-state index in [4.69, 9.17) is 0 Å². The number of piperidine rings is 1. The maximum absolute atomic E-state index is 12.2. The second-order valence-corrected chi connectivity index (χ2v) is 5.78. The van der Waals surface area contributed by atoms with Gasteiger partial charge in [-0.3, -0.25) is 4.98 Å². The van der Waals surface area contributed by atoms with Crippen LogP contribution in [0.3, 0.4) is 0 Å². The van der Waals surface area contributed by atoms with E-state index in [1.165, 1.54) is 5.56 Å². The minimum atomic E-state index is -4.29. The number of aliphatic hydroxyl groups excluding tert-OH is 1. The molecule has 21 heavy (non-hydrogen) atoms. The fourth-order valence-electron chi connectivity index (χ4n) is 2.86. The van der Waals surface area contributed by atoms with Crippen LogP contribution in [0.4, 0.5) is 13.2 Å². The predicted octanol–water partition coefficient (Wildman–Crippen LogP) is 2.65. The summed E-state index contributed by atoms with van der Waals surface area (Å²) in [6.45, 7) is 1.61.